The first-order chi connectivity index (χ1) is 9.75. The van der Waals surface area contributed by atoms with Gasteiger partial charge in [0.25, 0.3) is 0 Å². The molecule has 1 aromatic rings. The van der Waals surface area contributed by atoms with Crippen molar-refractivity contribution in [1.29, 1.82) is 0 Å². The molecule has 110 valence electrons. The minimum absolute atomic E-state index is 0.250. The summed E-state index contributed by atoms with van der Waals surface area (Å²) in [6.07, 6.45) is 7.79. The molecule has 1 N–H and O–H groups in total. The maximum absolute atomic E-state index is 9.15. The van der Waals surface area contributed by atoms with Gasteiger partial charge in [0.1, 0.15) is 11.5 Å². The lowest BCUT2D eigenvalue weighted by atomic mass is 9.88. The molecule has 0 aliphatic heterocycles. The fourth-order valence-corrected chi connectivity index (χ4v) is 2.21. The highest BCUT2D eigenvalue weighted by molar-refractivity contribution is 5.79. The third-order valence-corrected chi connectivity index (χ3v) is 3.33. The van der Waals surface area contributed by atoms with Gasteiger partial charge < -0.3 is 9.94 Å². The lowest BCUT2D eigenvalue weighted by Crippen LogP contribution is -2.09. The van der Waals surface area contributed by atoms with E-state index in [1.807, 2.05) is 13.8 Å². The average Bonchev–Trinajstić information content (AvgIpc) is 2.52. The van der Waals surface area contributed by atoms with Gasteiger partial charge in [-0.05, 0) is 42.7 Å². The zero-order valence-electron chi connectivity index (χ0n) is 12.5. The molecule has 1 aromatic carbocycles. The summed E-state index contributed by atoms with van der Waals surface area (Å²) in [5, 5.41) is 13.1. The fourth-order valence-electron chi connectivity index (χ4n) is 2.21. The summed E-state index contributed by atoms with van der Waals surface area (Å²) in [5.41, 5.74) is 0.893. The van der Waals surface area contributed by atoms with Crippen molar-refractivity contribution in [3.05, 3.63) is 42.2 Å². The lowest BCUT2D eigenvalue weighted by molar-refractivity contribution is 0.173. The number of nitrogens with zero attached hydrogens (tertiary/aromatic N) is 1. The number of phenols is 1. The zero-order valence-corrected chi connectivity index (χ0v) is 12.5. The quantitative estimate of drug-likeness (QED) is 0.484. The highest BCUT2D eigenvalue weighted by atomic mass is 16.6. The summed E-state index contributed by atoms with van der Waals surface area (Å²) in [7, 11) is 0. The first kappa shape index (κ1) is 16.3. The first-order valence-corrected chi connectivity index (χ1v) is 7.44. The van der Waals surface area contributed by atoms with Crippen molar-refractivity contribution in [3.8, 4) is 5.75 Å². The van der Waals surface area contributed by atoms with Crippen molar-refractivity contribution in [1.82, 2.24) is 0 Å². The molecule has 1 aliphatic rings. The third kappa shape index (κ3) is 5.47. The molecular weight excluding hydrogens is 250 g/mol. The van der Waals surface area contributed by atoms with E-state index in [4.69, 9.17) is 9.94 Å². The Kier molecular flexibility index (Phi) is 7.48. The van der Waals surface area contributed by atoms with Gasteiger partial charge in [-0.3, -0.25) is 0 Å². The second-order valence-electron chi connectivity index (χ2n) is 4.72. The normalized spacial score (nSPS) is 15.5. The van der Waals surface area contributed by atoms with E-state index >= 15 is 0 Å². The molecule has 0 radical (unpaired) electrons. The number of hydrogen-bond acceptors (Lipinski definition) is 3. The van der Waals surface area contributed by atoms with Gasteiger partial charge in [0, 0.05) is 5.92 Å². The highest BCUT2D eigenvalue weighted by Crippen LogP contribution is 2.29. The molecule has 1 saturated carbocycles. The monoisotopic (exact) mass is 275 g/mol. The Morgan fingerprint density at radius 2 is 1.80 bits per heavy atom. The molecule has 0 atom stereocenters. The van der Waals surface area contributed by atoms with Crippen molar-refractivity contribution in [3.63, 3.8) is 0 Å². The maximum atomic E-state index is 9.15. The van der Waals surface area contributed by atoms with Gasteiger partial charge in [0.15, 0.2) is 0 Å². The number of allylic oxidation sites excluding steroid dienone is 1. The molecule has 2 rings (SSSR count). The summed E-state index contributed by atoms with van der Waals surface area (Å²) in [5.74, 6) is 1.47. The van der Waals surface area contributed by atoms with Crippen molar-refractivity contribution >= 4 is 6.21 Å². The second-order valence-corrected chi connectivity index (χ2v) is 4.72. The van der Waals surface area contributed by atoms with Crippen LogP contribution in [0.2, 0.25) is 0 Å². The SMILES string of the molecule is C=C(O/N=C/c1ccc(O)cc1)C1CCCCC1.CC. The van der Waals surface area contributed by atoms with E-state index in [1.165, 1.54) is 19.3 Å². The number of oxime groups is 1. The topological polar surface area (TPSA) is 41.8 Å². The van der Waals surface area contributed by atoms with Crippen LogP contribution in [0, 0.1) is 5.92 Å². The van der Waals surface area contributed by atoms with Crippen molar-refractivity contribution in [2.75, 3.05) is 0 Å². The molecule has 0 unspecified atom stereocenters. The van der Waals surface area contributed by atoms with Gasteiger partial charge in [0.05, 0.1) is 6.21 Å². The summed E-state index contributed by atoms with van der Waals surface area (Å²) in [6.45, 7) is 7.95. The molecule has 1 fully saturated rings. The minimum atomic E-state index is 0.250. The van der Waals surface area contributed by atoms with Crippen LogP contribution < -0.4 is 0 Å². The predicted molar refractivity (Wildman–Crippen MR) is 83.8 cm³/mol. The molecule has 3 heteroatoms. The zero-order chi connectivity index (χ0) is 14.8. The number of aromatic hydroxyl groups is 1. The van der Waals surface area contributed by atoms with Crippen LogP contribution in [0.3, 0.4) is 0 Å². The van der Waals surface area contributed by atoms with Crippen molar-refractivity contribution < 1.29 is 9.94 Å². The minimum Gasteiger partial charge on any atom is -0.508 e. The first-order valence-electron chi connectivity index (χ1n) is 7.44. The Morgan fingerprint density at radius 3 is 2.40 bits per heavy atom. The summed E-state index contributed by atoms with van der Waals surface area (Å²) < 4.78 is 0. The second kappa shape index (κ2) is 9.18. The number of benzene rings is 1. The average molecular weight is 275 g/mol. The van der Waals surface area contributed by atoms with Gasteiger partial charge in [0.2, 0.25) is 0 Å². The molecule has 0 saturated heterocycles. The molecule has 0 aromatic heterocycles. The number of phenolic OH excluding ortho intramolecular Hbond substituents is 1. The van der Waals surface area contributed by atoms with E-state index in [1.54, 1.807) is 30.5 Å². The Labute approximate surface area is 122 Å². The van der Waals surface area contributed by atoms with Crippen LogP contribution in [0.4, 0.5) is 0 Å². The summed E-state index contributed by atoms with van der Waals surface area (Å²) >= 11 is 0. The van der Waals surface area contributed by atoms with Crippen LogP contribution in [-0.4, -0.2) is 11.3 Å². The molecule has 0 spiro atoms. The van der Waals surface area contributed by atoms with E-state index in [0.717, 1.165) is 24.2 Å². The number of hydrogen-bond donors (Lipinski definition) is 1. The van der Waals surface area contributed by atoms with Gasteiger partial charge >= 0.3 is 0 Å². The number of rotatable bonds is 4. The summed E-state index contributed by atoms with van der Waals surface area (Å²) in [6, 6.07) is 6.81. The van der Waals surface area contributed by atoms with Gasteiger partial charge in [-0.2, -0.15) is 0 Å². The van der Waals surface area contributed by atoms with Gasteiger partial charge in [-0.1, -0.05) is 44.8 Å². The molecular formula is C17H25NO2. The van der Waals surface area contributed by atoms with Crippen LogP contribution in [0.5, 0.6) is 5.75 Å². The smallest absolute Gasteiger partial charge is 0.130 e. The van der Waals surface area contributed by atoms with Crippen LogP contribution in [0.25, 0.3) is 0 Å². The third-order valence-electron chi connectivity index (χ3n) is 3.33. The molecule has 0 heterocycles. The molecule has 20 heavy (non-hydrogen) atoms. The van der Waals surface area contributed by atoms with Crippen LogP contribution >= 0.6 is 0 Å². The predicted octanol–water partition coefficient (Wildman–Crippen LogP) is 4.86. The van der Waals surface area contributed by atoms with Gasteiger partial charge in [-0.25, -0.2) is 0 Å². The van der Waals surface area contributed by atoms with Crippen LogP contribution in [0.15, 0.2) is 41.8 Å². The van der Waals surface area contributed by atoms with E-state index < -0.39 is 0 Å². The lowest BCUT2D eigenvalue weighted by Gasteiger charge is -2.21. The van der Waals surface area contributed by atoms with E-state index in [2.05, 4.69) is 11.7 Å². The highest BCUT2D eigenvalue weighted by Gasteiger charge is 2.17. The Bertz CT molecular complexity index is 417. The van der Waals surface area contributed by atoms with E-state index in [-0.39, 0.29) is 5.75 Å². The molecule has 3 nitrogen and oxygen atoms in total. The molecule has 0 bridgehead atoms. The van der Waals surface area contributed by atoms with Crippen LogP contribution in [-0.2, 0) is 4.84 Å². The Hall–Kier alpha value is -1.77. The molecule has 1 aliphatic carbocycles. The van der Waals surface area contributed by atoms with Crippen molar-refractivity contribution in [2.45, 2.75) is 46.0 Å². The summed E-state index contributed by atoms with van der Waals surface area (Å²) in [4.78, 5) is 5.33. The van der Waals surface area contributed by atoms with Gasteiger partial charge in [-0.15, -0.1) is 0 Å². The van der Waals surface area contributed by atoms with Crippen molar-refractivity contribution in [2.24, 2.45) is 11.1 Å². The standard InChI is InChI=1S/C15H19NO2.C2H6/c1-12(14-5-3-2-4-6-14)18-16-11-13-7-9-15(17)10-8-13;1-2/h7-11,14,17H,1-6H2;1-2H3/b16-11+;. The van der Waals surface area contributed by atoms with E-state index in [9.17, 15) is 0 Å². The van der Waals surface area contributed by atoms with E-state index in [0.29, 0.717) is 5.92 Å². The fraction of sp³-hybridized carbons (Fsp3) is 0.471. The maximum Gasteiger partial charge on any atom is 0.130 e. The largest absolute Gasteiger partial charge is 0.508 e. The molecule has 0 amide bonds. The van der Waals surface area contributed by atoms with Crippen LogP contribution in [0.1, 0.15) is 51.5 Å². The Balaban J connectivity index is 0.000000956. The Morgan fingerprint density at radius 1 is 1.20 bits per heavy atom.